The minimum Gasteiger partial charge on any atom is -0.263 e. The Morgan fingerprint density at radius 1 is 1.30 bits per heavy atom. The van der Waals surface area contributed by atoms with Crippen LogP contribution in [0.15, 0.2) is 47.6 Å². The summed E-state index contributed by atoms with van der Waals surface area (Å²) in [6.45, 7) is 1.56. The normalized spacial score (nSPS) is 13.2. The van der Waals surface area contributed by atoms with Crippen molar-refractivity contribution in [2.45, 2.75) is 17.9 Å². The lowest BCUT2D eigenvalue weighted by Crippen LogP contribution is -2.27. The number of pyridine rings is 1. The highest BCUT2D eigenvalue weighted by Crippen LogP contribution is 2.23. The Hall–Kier alpha value is -1.50. The van der Waals surface area contributed by atoms with E-state index < -0.39 is 21.9 Å². The molecule has 1 N–H and O–H groups in total. The second kappa shape index (κ2) is 5.87. The fraction of sp³-hybridized carbons (Fsp3) is 0.154. The number of nitrogens with one attached hydrogen (secondary N) is 1. The summed E-state index contributed by atoms with van der Waals surface area (Å²) in [6, 6.07) is 6.63. The van der Waals surface area contributed by atoms with Crippen LogP contribution in [-0.2, 0) is 10.0 Å². The number of sulfonamides is 1. The second-order valence-electron chi connectivity index (χ2n) is 4.17. The molecule has 0 fully saturated rings. The first kappa shape index (κ1) is 14.9. The summed E-state index contributed by atoms with van der Waals surface area (Å²) in [5, 5.41) is 0.0632. The molecule has 1 atom stereocenters. The standard InChI is InChI=1S/C13H12ClFN2O2S/c1-9(10-4-2-3-5-12(10)15)17-20(18,19)13-8-16-7-6-11(13)14/h2-9,17H,1H3. The zero-order valence-corrected chi connectivity index (χ0v) is 12.1. The molecule has 2 aromatic rings. The average Bonchev–Trinajstić information content (AvgIpc) is 2.38. The lowest BCUT2D eigenvalue weighted by Gasteiger charge is -2.15. The molecule has 1 aromatic carbocycles. The average molecular weight is 315 g/mol. The van der Waals surface area contributed by atoms with Gasteiger partial charge in [-0.25, -0.2) is 17.5 Å². The lowest BCUT2D eigenvalue weighted by atomic mass is 10.1. The summed E-state index contributed by atoms with van der Waals surface area (Å²) < 4.78 is 40.4. The third-order valence-corrected chi connectivity index (χ3v) is 4.74. The molecule has 4 nitrogen and oxygen atoms in total. The quantitative estimate of drug-likeness (QED) is 0.944. The van der Waals surface area contributed by atoms with Crippen LogP contribution in [0.1, 0.15) is 18.5 Å². The first-order valence-electron chi connectivity index (χ1n) is 5.78. The molecule has 7 heteroatoms. The topological polar surface area (TPSA) is 59.1 Å². The van der Waals surface area contributed by atoms with Crippen molar-refractivity contribution in [2.24, 2.45) is 0 Å². The molecule has 0 radical (unpaired) electrons. The fourth-order valence-electron chi connectivity index (χ4n) is 1.75. The molecule has 0 spiro atoms. The van der Waals surface area contributed by atoms with Crippen molar-refractivity contribution in [3.63, 3.8) is 0 Å². The minimum atomic E-state index is -3.87. The van der Waals surface area contributed by atoms with Crippen LogP contribution in [0.5, 0.6) is 0 Å². The van der Waals surface area contributed by atoms with Crippen molar-refractivity contribution in [3.8, 4) is 0 Å². The molecule has 106 valence electrons. The summed E-state index contributed by atoms with van der Waals surface area (Å²) in [6.07, 6.45) is 2.54. The molecule has 0 aliphatic rings. The number of benzene rings is 1. The Kier molecular flexibility index (Phi) is 4.37. The van der Waals surface area contributed by atoms with Gasteiger partial charge in [-0.15, -0.1) is 0 Å². The molecule has 0 amide bonds. The van der Waals surface area contributed by atoms with Gasteiger partial charge in [0, 0.05) is 24.0 Å². The van der Waals surface area contributed by atoms with E-state index in [2.05, 4.69) is 9.71 Å². The van der Waals surface area contributed by atoms with Crippen molar-refractivity contribution in [1.82, 2.24) is 9.71 Å². The zero-order chi connectivity index (χ0) is 14.8. The van der Waals surface area contributed by atoms with Crippen molar-refractivity contribution in [2.75, 3.05) is 0 Å². The van der Waals surface area contributed by atoms with Crippen molar-refractivity contribution in [3.05, 3.63) is 59.1 Å². The maximum Gasteiger partial charge on any atom is 0.244 e. The van der Waals surface area contributed by atoms with Gasteiger partial charge in [-0.05, 0) is 19.1 Å². The predicted octanol–water partition coefficient (Wildman–Crippen LogP) is 2.91. The smallest absolute Gasteiger partial charge is 0.244 e. The van der Waals surface area contributed by atoms with Crippen molar-refractivity contribution in [1.29, 1.82) is 0 Å². The van der Waals surface area contributed by atoms with E-state index in [1.54, 1.807) is 13.0 Å². The van der Waals surface area contributed by atoms with Gasteiger partial charge in [0.2, 0.25) is 10.0 Å². The highest BCUT2D eigenvalue weighted by Gasteiger charge is 2.22. The molecule has 20 heavy (non-hydrogen) atoms. The molecular weight excluding hydrogens is 303 g/mol. The van der Waals surface area contributed by atoms with E-state index in [1.807, 2.05) is 0 Å². The van der Waals surface area contributed by atoms with E-state index in [4.69, 9.17) is 11.6 Å². The summed E-state index contributed by atoms with van der Waals surface area (Å²) in [7, 11) is -3.87. The van der Waals surface area contributed by atoms with Crippen LogP contribution in [0.25, 0.3) is 0 Å². The highest BCUT2D eigenvalue weighted by molar-refractivity contribution is 7.89. The Bertz CT molecular complexity index is 722. The van der Waals surface area contributed by atoms with Crippen LogP contribution in [-0.4, -0.2) is 13.4 Å². The SMILES string of the molecule is CC(NS(=O)(=O)c1cnccc1Cl)c1ccccc1F. The molecule has 1 heterocycles. The number of hydrogen-bond donors (Lipinski definition) is 1. The molecule has 1 aromatic heterocycles. The van der Waals surface area contributed by atoms with E-state index in [1.165, 1.54) is 30.5 Å². The van der Waals surface area contributed by atoms with E-state index >= 15 is 0 Å². The highest BCUT2D eigenvalue weighted by atomic mass is 35.5. The molecule has 0 bridgehead atoms. The van der Waals surface area contributed by atoms with Crippen molar-refractivity contribution < 1.29 is 12.8 Å². The molecule has 0 aliphatic heterocycles. The van der Waals surface area contributed by atoms with Crippen LogP contribution in [0.3, 0.4) is 0 Å². The van der Waals surface area contributed by atoms with Gasteiger partial charge >= 0.3 is 0 Å². The van der Waals surface area contributed by atoms with Gasteiger partial charge in [0.25, 0.3) is 0 Å². The first-order chi connectivity index (χ1) is 9.42. The van der Waals surface area contributed by atoms with Crippen LogP contribution in [0.2, 0.25) is 5.02 Å². The monoisotopic (exact) mass is 314 g/mol. The maximum atomic E-state index is 13.6. The number of aromatic nitrogens is 1. The number of rotatable bonds is 4. The second-order valence-corrected chi connectivity index (χ2v) is 6.26. The molecule has 0 saturated heterocycles. The van der Waals surface area contributed by atoms with Gasteiger partial charge in [0.05, 0.1) is 5.02 Å². The van der Waals surface area contributed by atoms with Crippen LogP contribution in [0, 0.1) is 5.82 Å². The Morgan fingerprint density at radius 3 is 2.65 bits per heavy atom. The molecule has 1 unspecified atom stereocenters. The number of nitrogens with zero attached hydrogens (tertiary/aromatic N) is 1. The predicted molar refractivity (Wildman–Crippen MR) is 74.4 cm³/mol. The van der Waals surface area contributed by atoms with Gasteiger partial charge in [-0.1, -0.05) is 29.8 Å². The third kappa shape index (κ3) is 3.15. The van der Waals surface area contributed by atoms with Gasteiger partial charge in [-0.2, -0.15) is 0 Å². The molecular formula is C13H12ClFN2O2S. The summed E-state index contributed by atoms with van der Waals surface area (Å²) in [5.41, 5.74) is 0.260. The van der Waals surface area contributed by atoms with Crippen LogP contribution >= 0.6 is 11.6 Å². The van der Waals surface area contributed by atoms with E-state index in [-0.39, 0.29) is 15.5 Å². The minimum absolute atomic E-state index is 0.0632. The number of halogens is 2. The number of hydrogen-bond acceptors (Lipinski definition) is 3. The summed E-state index contributed by atoms with van der Waals surface area (Å²) in [5.74, 6) is -0.472. The molecule has 2 rings (SSSR count). The lowest BCUT2D eigenvalue weighted by molar-refractivity contribution is 0.550. The largest absolute Gasteiger partial charge is 0.263 e. The maximum absolute atomic E-state index is 13.6. The fourth-order valence-corrected chi connectivity index (χ4v) is 3.40. The first-order valence-corrected chi connectivity index (χ1v) is 7.64. The van der Waals surface area contributed by atoms with Crippen molar-refractivity contribution >= 4 is 21.6 Å². The van der Waals surface area contributed by atoms with Crippen LogP contribution in [0.4, 0.5) is 4.39 Å². The van der Waals surface area contributed by atoms with Gasteiger partial charge in [-0.3, -0.25) is 4.98 Å². The van der Waals surface area contributed by atoms with Crippen LogP contribution < -0.4 is 4.72 Å². The third-order valence-electron chi connectivity index (χ3n) is 2.73. The Morgan fingerprint density at radius 2 is 2.00 bits per heavy atom. The van der Waals surface area contributed by atoms with Gasteiger partial charge in [0.1, 0.15) is 10.7 Å². The van der Waals surface area contributed by atoms with E-state index in [0.29, 0.717) is 0 Å². The molecule has 0 saturated carbocycles. The van der Waals surface area contributed by atoms with E-state index in [9.17, 15) is 12.8 Å². The zero-order valence-electron chi connectivity index (χ0n) is 10.5. The Labute approximate surface area is 121 Å². The molecule has 0 aliphatic carbocycles. The Balaban J connectivity index is 2.30. The van der Waals surface area contributed by atoms with E-state index in [0.717, 1.165) is 6.20 Å². The van der Waals surface area contributed by atoms with Gasteiger partial charge in [0.15, 0.2) is 0 Å². The van der Waals surface area contributed by atoms with Gasteiger partial charge < -0.3 is 0 Å². The summed E-state index contributed by atoms with van der Waals surface area (Å²) >= 11 is 5.84. The summed E-state index contributed by atoms with van der Waals surface area (Å²) in [4.78, 5) is 3.60.